The van der Waals surface area contributed by atoms with Gasteiger partial charge in [0.1, 0.15) is 0 Å². The van der Waals surface area contributed by atoms with Crippen LogP contribution in [0.5, 0.6) is 0 Å². The summed E-state index contributed by atoms with van der Waals surface area (Å²) in [5.74, 6) is 0.682. The van der Waals surface area contributed by atoms with Crippen LogP contribution in [0.15, 0.2) is 0 Å². The number of hydrogen-bond donors (Lipinski definition) is 0. The Balaban J connectivity index is 2.72. The number of halogens is 2. The molecule has 1 atom stereocenters. The highest BCUT2D eigenvalue weighted by Gasteiger charge is 2.13. The van der Waals surface area contributed by atoms with Crippen LogP contribution in [0.1, 0.15) is 31.7 Å². The van der Waals surface area contributed by atoms with Gasteiger partial charge in [-0.05, 0) is 25.2 Å². The van der Waals surface area contributed by atoms with Gasteiger partial charge < -0.3 is 0 Å². The minimum Gasteiger partial charge on any atom is -0.271 e. The molecule has 0 aliphatic carbocycles. The van der Waals surface area contributed by atoms with E-state index < -0.39 is 0 Å². The number of rotatable bonds is 5. The highest BCUT2D eigenvalue weighted by atomic mass is 79.9. The molecule has 15 heavy (non-hydrogen) atoms. The Hall–Kier alpha value is -0.0200. The molecule has 0 aliphatic rings. The van der Waals surface area contributed by atoms with Gasteiger partial charge in [-0.25, -0.2) is 0 Å². The largest absolute Gasteiger partial charge is 0.271 e. The normalized spacial score (nSPS) is 13.1. The summed E-state index contributed by atoms with van der Waals surface area (Å²) >= 11 is 9.75. The van der Waals surface area contributed by atoms with Crippen molar-refractivity contribution in [2.45, 2.75) is 33.1 Å². The van der Waals surface area contributed by atoms with Gasteiger partial charge in [0.15, 0.2) is 0 Å². The van der Waals surface area contributed by atoms with E-state index in [0.29, 0.717) is 5.92 Å². The van der Waals surface area contributed by atoms with Crippen LogP contribution in [0.25, 0.3) is 0 Å². The van der Waals surface area contributed by atoms with Crippen LogP contribution < -0.4 is 0 Å². The molecule has 0 N–H and O–H groups in total. The Bertz CT molecular complexity index is 323. The van der Waals surface area contributed by atoms with Crippen molar-refractivity contribution in [1.29, 1.82) is 0 Å². The van der Waals surface area contributed by atoms with E-state index in [0.717, 1.165) is 35.3 Å². The average molecular weight is 294 g/mol. The van der Waals surface area contributed by atoms with E-state index in [1.165, 1.54) is 5.69 Å². The fraction of sp³-hybridized carbons (Fsp3) is 0.727. The molecule has 1 heterocycles. The Labute approximate surface area is 105 Å². The zero-order valence-electron chi connectivity index (χ0n) is 9.56. The molecule has 0 saturated heterocycles. The second-order valence-corrected chi connectivity index (χ2v) is 5.01. The van der Waals surface area contributed by atoms with Crippen molar-refractivity contribution in [1.82, 2.24) is 9.78 Å². The van der Waals surface area contributed by atoms with E-state index in [9.17, 15) is 0 Å². The van der Waals surface area contributed by atoms with Gasteiger partial charge in [0.2, 0.25) is 0 Å². The summed E-state index contributed by atoms with van der Waals surface area (Å²) in [5, 5.41) is 6.31. The minimum atomic E-state index is 0.682. The molecule has 1 aromatic rings. The fourth-order valence-electron chi connectivity index (χ4n) is 1.55. The lowest BCUT2D eigenvalue weighted by Crippen LogP contribution is -2.03. The standard InChI is InChI=1S/C11H18BrClN2/c1-4-9-11(13)10(15(3)14-9)6-5-8(2)7-12/h8H,4-7H2,1-3H3. The zero-order valence-corrected chi connectivity index (χ0v) is 11.9. The predicted molar refractivity (Wildman–Crippen MR) is 68.9 cm³/mol. The first-order valence-electron chi connectivity index (χ1n) is 5.36. The summed E-state index contributed by atoms with van der Waals surface area (Å²) in [5.41, 5.74) is 2.18. The highest BCUT2D eigenvalue weighted by Crippen LogP contribution is 2.23. The maximum absolute atomic E-state index is 6.26. The van der Waals surface area contributed by atoms with E-state index in [-0.39, 0.29) is 0 Å². The molecule has 1 aromatic heterocycles. The third-order valence-electron chi connectivity index (χ3n) is 2.64. The summed E-state index contributed by atoms with van der Waals surface area (Å²) in [6, 6.07) is 0. The van der Waals surface area contributed by atoms with Crippen molar-refractivity contribution in [3.05, 3.63) is 16.4 Å². The van der Waals surface area contributed by atoms with Gasteiger partial charge in [0.25, 0.3) is 0 Å². The summed E-state index contributed by atoms with van der Waals surface area (Å²) < 4.78 is 1.92. The van der Waals surface area contributed by atoms with Gasteiger partial charge >= 0.3 is 0 Å². The number of nitrogens with zero attached hydrogens (tertiary/aromatic N) is 2. The third kappa shape index (κ3) is 3.22. The molecular formula is C11H18BrClN2. The van der Waals surface area contributed by atoms with E-state index in [1.54, 1.807) is 0 Å². The molecule has 1 unspecified atom stereocenters. The van der Waals surface area contributed by atoms with Crippen LogP contribution >= 0.6 is 27.5 Å². The summed E-state index contributed by atoms with van der Waals surface area (Å²) in [4.78, 5) is 0. The van der Waals surface area contributed by atoms with Gasteiger partial charge in [-0.15, -0.1) is 0 Å². The van der Waals surface area contributed by atoms with Crippen LogP contribution in [0.4, 0.5) is 0 Å². The van der Waals surface area contributed by atoms with E-state index in [2.05, 4.69) is 34.9 Å². The van der Waals surface area contributed by atoms with E-state index in [1.807, 2.05) is 11.7 Å². The average Bonchev–Trinajstić information content (AvgIpc) is 2.51. The van der Waals surface area contributed by atoms with Crippen molar-refractivity contribution in [3.63, 3.8) is 0 Å². The Morgan fingerprint density at radius 3 is 2.67 bits per heavy atom. The summed E-state index contributed by atoms with van der Waals surface area (Å²) in [6.45, 7) is 4.32. The molecule has 0 spiro atoms. The Morgan fingerprint density at radius 1 is 1.53 bits per heavy atom. The van der Waals surface area contributed by atoms with E-state index in [4.69, 9.17) is 11.6 Å². The second kappa shape index (κ2) is 5.90. The first-order chi connectivity index (χ1) is 7.10. The maximum atomic E-state index is 6.26. The number of aromatic nitrogens is 2. The molecule has 2 nitrogen and oxygen atoms in total. The van der Waals surface area contributed by atoms with Crippen LogP contribution in [0.2, 0.25) is 5.02 Å². The van der Waals surface area contributed by atoms with Crippen molar-refractivity contribution >= 4 is 27.5 Å². The van der Waals surface area contributed by atoms with Gasteiger partial charge in [0, 0.05) is 12.4 Å². The third-order valence-corrected chi connectivity index (χ3v) is 4.18. The van der Waals surface area contributed by atoms with Crippen LogP contribution in [-0.2, 0) is 19.9 Å². The molecule has 1 rings (SSSR count). The first-order valence-corrected chi connectivity index (χ1v) is 6.86. The van der Waals surface area contributed by atoms with Crippen LogP contribution in [0, 0.1) is 5.92 Å². The molecule has 4 heteroatoms. The lowest BCUT2D eigenvalue weighted by atomic mass is 10.1. The lowest BCUT2D eigenvalue weighted by Gasteiger charge is -2.07. The summed E-state index contributed by atoms with van der Waals surface area (Å²) in [7, 11) is 1.97. The zero-order chi connectivity index (χ0) is 11.4. The van der Waals surface area contributed by atoms with Crippen molar-refractivity contribution < 1.29 is 0 Å². The molecule has 0 aromatic carbocycles. The quantitative estimate of drug-likeness (QED) is 0.759. The van der Waals surface area contributed by atoms with Gasteiger partial charge in [0.05, 0.1) is 16.4 Å². The van der Waals surface area contributed by atoms with Gasteiger partial charge in [-0.2, -0.15) is 5.10 Å². The van der Waals surface area contributed by atoms with Crippen molar-refractivity contribution in [2.75, 3.05) is 5.33 Å². The van der Waals surface area contributed by atoms with Crippen LogP contribution in [0.3, 0.4) is 0 Å². The molecule has 0 aliphatic heterocycles. The Morgan fingerprint density at radius 2 is 2.20 bits per heavy atom. The predicted octanol–water partition coefficient (Wildman–Crippen LogP) is 3.60. The van der Waals surface area contributed by atoms with Gasteiger partial charge in [-0.1, -0.05) is 41.4 Å². The maximum Gasteiger partial charge on any atom is 0.0849 e. The molecule has 86 valence electrons. The lowest BCUT2D eigenvalue weighted by molar-refractivity contribution is 0.574. The van der Waals surface area contributed by atoms with Crippen LogP contribution in [-0.4, -0.2) is 15.1 Å². The molecule has 0 saturated carbocycles. The Kier molecular flexibility index (Phi) is 5.13. The molecule has 0 amide bonds. The summed E-state index contributed by atoms with van der Waals surface area (Å²) in [6.07, 6.45) is 3.06. The van der Waals surface area contributed by atoms with Crippen molar-refractivity contribution in [2.24, 2.45) is 13.0 Å². The fourth-order valence-corrected chi connectivity index (χ4v) is 2.26. The molecule has 0 radical (unpaired) electrons. The minimum absolute atomic E-state index is 0.682. The molecule has 0 bridgehead atoms. The molecular weight excluding hydrogens is 275 g/mol. The topological polar surface area (TPSA) is 17.8 Å². The SMILES string of the molecule is CCc1nn(C)c(CCC(C)CBr)c1Cl. The second-order valence-electron chi connectivity index (χ2n) is 3.98. The first kappa shape index (κ1) is 13.0. The monoisotopic (exact) mass is 292 g/mol. The smallest absolute Gasteiger partial charge is 0.0849 e. The highest BCUT2D eigenvalue weighted by molar-refractivity contribution is 9.09. The number of aryl methyl sites for hydroxylation is 2. The molecule has 0 fully saturated rings. The van der Waals surface area contributed by atoms with Crippen molar-refractivity contribution in [3.8, 4) is 0 Å². The number of hydrogen-bond acceptors (Lipinski definition) is 1. The number of alkyl halides is 1. The van der Waals surface area contributed by atoms with E-state index >= 15 is 0 Å². The van der Waals surface area contributed by atoms with Gasteiger partial charge in [-0.3, -0.25) is 4.68 Å².